The fourth-order valence-electron chi connectivity index (χ4n) is 4.96. The molecule has 0 spiro atoms. The lowest BCUT2D eigenvalue weighted by atomic mass is 9.70. The minimum Gasteiger partial charge on any atom is -0.493 e. The van der Waals surface area contributed by atoms with Crippen LogP contribution in [0.15, 0.2) is 28.7 Å². The molecule has 2 fully saturated rings. The minimum atomic E-state index is -0.214. The van der Waals surface area contributed by atoms with Crippen LogP contribution in [0.3, 0.4) is 0 Å². The SMILES string of the molecule is CCCC1CC(=O)NC2CC(NC(=O)c3cc4cccc(OC)c4o3)CCC12. The molecule has 2 aliphatic rings. The fraction of sp³-hybridized carbons (Fsp3) is 0.545. The number of para-hydroxylation sites is 1. The van der Waals surface area contributed by atoms with Gasteiger partial charge < -0.3 is 19.8 Å². The molecule has 1 aromatic carbocycles. The normalized spacial score (nSPS) is 27.1. The Morgan fingerprint density at radius 1 is 1.36 bits per heavy atom. The molecule has 6 heteroatoms. The predicted octanol–water partition coefficient (Wildman–Crippen LogP) is 3.64. The number of hydrogen-bond acceptors (Lipinski definition) is 4. The molecule has 1 aliphatic heterocycles. The maximum absolute atomic E-state index is 12.7. The van der Waals surface area contributed by atoms with Gasteiger partial charge >= 0.3 is 0 Å². The molecule has 2 N–H and O–H groups in total. The molecule has 0 bridgehead atoms. The summed E-state index contributed by atoms with van der Waals surface area (Å²) in [5.74, 6) is 1.84. The summed E-state index contributed by atoms with van der Waals surface area (Å²) in [6.45, 7) is 2.18. The number of nitrogens with one attached hydrogen (secondary N) is 2. The number of hydrogen-bond donors (Lipinski definition) is 2. The summed E-state index contributed by atoms with van der Waals surface area (Å²) in [5, 5.41) is 7.10. The van der Waals surface area contributed by atoms with Crippen LogP contribution in [-0.2, 0) is 4.79 Å². The highest BCUT2D eigenvalue weighted by molar-refractivity contribution is 5.97. The molecule has 1 aliphatic carbocycles. The summed E-state index contributed by atoms with van der Waals surface area (Å²) in [6, 6.07) is 7.54. The molecular weight excluding hydrogens is 356 g/mol. The van der Waals surface area contributed by atoms with Gasteiger partial charge in [-0.25, -0.2) is 0 Å². The molecule has 4 atom stereocenters. The van der Waals surface area contributed by atoms with Gasteiger partial charge in [-0.2, -0.15) is 0 Å². The molecular formula is C22H28N2O4. The van der Waals surface area contributed by atoms with Crippen molar-refractivity contribution in [1.82, 2.24) is 10.6 Å². The summed E-state index contributed by atoms with van der Waals surface area (Å²) in [7, 11) is 1.58. The van der Waals surface area contributed by atoms with Crippen molar-refractivity contribution in [2.75, 3.05) is 7.11 Å². The summed E-state index contributed by atoms with van der Waals surface area (Å²) >= 11 is 0. The van der Waals surface area contributed by atoms with Crippen molar-refractivity contribution in [3.63, 3.8) is 0 Å². The average molecular weight is 384 g/mol. The van der Waals surface area contributed by atoms with Crippen molar-refractivity contribution in [3.05, 3.63) is 30.0 Å². The first-order chi connectivity index (χ1) is 13.6. The molecule has 2 aromatic rings. The second kappa shape index (κ2) is 7.86. The summed E-state index contributed by atoms with van der Waals surface area (Å²) in [5.41, 5.74) is 0.584. The number of benzene rings is 1. The lowest BCUT2D eigenvalue weighted by molar-refractivity contribution is -0.127. The van der Waals surface area contributed by atoms with E-state index in [4.69, 9.17) is 9.15 Å². The van der Waals surface area contributed by atoms with E-state index in [1.807, 2.05) is 18.2 Å². The Morgan fingerprint density at radius 2 is 2.21 bits per heavy atom. The quantitative estimate of drug-likeness (QED) is 0.825. The van der Waals surface area contributed by atoms with Crippen LogP contribution in [0.2, 0.25) is 0 Å². The van der Waals surface area contributed by atoms with Gasteiger partial charge in [0.2, 0.25) is 5.91 Å². The highest BCUT2D eigenvalue weighted by Crippen LogP contribution is 2.38. The zero-order valence-electron chi connectivity index (χ0n) is 16.5. The zero-order chi connectivity index (χ0) is 19.7. The Labute approximate surface area is 165 Å². The molecule has 0 radical (unpaired) electrons. The van der Waals surface area contributed by atoms with Crippen LogP contribution >= 0.6 is 0 Å². The minimum absolute atomic E-state index is 0.0459. The molecule has 150 valence electrons. The topological polar surface area (TPSA) is 80.6 Å². The van der Waals surface area contributed by atoms with E-state index in [-0.39, 0.29) is 29.7 Å². The molecule has 1 aromatic heterocycles. The smallest absolute Gasteiger partial charge is 0.287 e. The lowest BCUT2D eigenvalue weighted by Gasteiger charge is -2.44. The third kappa shape index (κ3) is 3.60. The summed E-state index contributed by atoms with van der Waals surface area (Å²) in [4.78, 5) is 24.8. The zero-order valence-corrected chi connectivity index (χ0v) is 16.5. The molecule has 6 nitrogen and oxygen atoms in total. The van der Waals surface area contributed by atoms with Gasteiger partial charge in [-0.3, -0.25) is 9.59 Å². The maximum atomic E-state index is 12.7. The van der Waals surface area contributed by atoms with Gasteiger partial charge in [-0.1, -0.05) is 25.5 Å². The van der Waals surface area contributed by atoms with Crippen molar-refractivity contribution in [1.29, 1.82) is 0 Å². The number of fused-ring (bicyclic) bond motifs is 2. The van der Waals surface area contributed by atoms with E-state index in [1.54, 1.807) is 13.2 Å². The second-order valence-electron chi connectivity index (χ2n) is 8.06. The standard InChI is InChI=1S/C22H28N2O4/c1-3-5-13-11-20(25)24-17-12-15(8-9-16(13)17)23-22(26)19-10-14-6-4-7-18(27-2)21(14)28-19/h4,6-7,10,13,15-17H,3,5,8-9,11-12H2,1-2H3,(H,23,26)(H,24,25). The van der Waals surface area contributed by atoms with E-state index in [2.05, 4.69) is 17.6 Å². The number of furan rings is 1. The Balaban J connectivity index is 1.44. The Kier molecular flexibility index (Phi) is 5.29. The maximum Gasteiger partial charge on any atom is 0.287 e. The lowest BCUT2D eigenvalue weighted by Crippen LogP contribution is -2.55. The Hall–Kier alpha value is -2.50. The van der Waals surface area contributed by atoms with Crippen molar-refractivity contribution in [2.24, 2.45) is 11.8 Å². The highest BCUT2D eigenvalue weighted by Gasteiger charge is 2.40. The van der Waals surface area contributed by atoms with Crippen molar-refractivity contribution < 1.29 is 18.7 Å². The van der Waals surface area contributed by atoms with Crippen LogP contribution in [0.25, 0.3) is 11.0 Å². The van der Waals surface area contributed by atoms with Gasteiger partial charge in [-0.05, 0) is 49.7 Å². The van der Waals surface area contributed by atoms with Gasteiger partial charge in [0, 0.05) is 23.9 Å². The van der Waals surface area contributed by atoms with Crippen LogP contribution in [0.1, 0.15) is 56.0 Å². The van der Waals surface area contributed by atoms with E-state index in [1.165, 1.54) is 0 Å². The molecule has 4 rings (SSSR count). The number of ether oxygens (including phenoxy) is 1. The largest absolute Gasteiger partial charge is 0.493 e. The third-order valence-corrected chi connectivity index (χ3v) is 6.25. The van der Waals surface area contributed by atoms with Crippen LogP contribution in [-0.4, -0.2) is 31.0 Å². The Bertz CT molecular complexity index is 875. The van der Waals surface area contributed by atoms with E-state index < -0.39 is 0 Å². The van der Waals surface area contributed by atoms with Gasteiger partial charge in [0.25, 0.3) is 5.91 Å². The fourth-order valence-corrected chi connectivity index (χ4v) is 4.96. The van der Waals surface area contributed by atoms with Crippen LogP contribution < -0.4 is 15.4 Å². The number of piperidine rings is 1. The third-order valence-electron chi connectivity index (χ3n) is 6.25. The first kappa shape index (κ1) is 18.8. The molecule has 2 heterocycles. The Morgan fingerprint density at radius 3 is 3.00 bits per heavy atom. The van der Waals surface area contributed by atoms with Gasteiger partial charge in [0.1, 0.15) is 0 Å². The van der Waals surface area contributed by atoms with Crippen LogP contribution in [0.4, 0.5) is 0 Å². The first-order valence-corrected chi connectivity index (χ1v) is 10.3. The average Bonchev–Trinajstić information content (AvgIpc) is 3.12. The highest BCUT2D eigenvalue weighted by atomic mass is 16.5. The second-order valence-corrected chi connectivity index (χ2v) is 8.06. The van der Waals surface area contributed by atoms with Crippen LogP contribution in [0.5, 0.6) is 5.75 Å². The number of methoxy groups -OCH3 is 1. The van der Waals surface area contributed by atoms with E-state index in [0.29, 0.717) is 29.6 Å². The monoisotopic (exact) mass is 384 g/mol. The van der Waals surface area contributed by atoms with Crippen molar-refractivity contribution in [2.45, 2.75) is 57.5 Å². The molecule has 4 unspecified atom stereocenters. The number of amides is 2. The summed E-state index contributed by atoms with van der Waals surface area (Å²) in [6.07, 6.45) is 5.61. The van der Waals surface area contributed by atoms with Crippen molar-refractivity contribution >= 4 is 22.8 Å². The first-order valence-electron chi connectivity index (χ1n) is 10.3. The van der Waals surface area contributed by atoms with Crippen LogP contribution in [0, 0.1) is 11.8 Å². The molecule has 28 heavy (non-hydrogen) atoms. The molecule has 1 saturated heterocycles. The van der Waals surface area contributed by atoms with Gasteiger partial charge in [0.15, 0.2) is 17.1 Å². The van der Waals surface area contributed by atoms with Gasteiger partial charge in [0.05, 0.1) is 7.11 Å². The molecule has 2 amide bonds. The number of rotatable bonds is 5. The number of carbonyl (C=O) groups excluding carboxylic acids is 2. The predicted molar refractivity (Wildman–Crippen MR) is 106 cm³/mol. The van der Waals surface area contributed by atoms with E-state index in [9.17, 15) is 9.59 Å². The molecule has 1 saturated carbocycles. The van der Waals surface area contributed by atoms with Gasteiger partial charge in [-0.15, -0.1) is 0 Å². The van der Waals surface area contributed by atoms with E-state index in [0.717, 1.165) is 37.5 Å². The van der Waals surface area contributed by atoms with E-state index >= 15 is 0 Å². The summed E-state index contributed by atoms with van der Waals surface area (Å²) < 4.78 is 11.1. The van der Waals surface area contributed by atoms with Crippen molar-refractivity contribution in [3.8, 4) is 5.75 Å². The number of carbonyl (C=O) groups is 2.